The summed E-state index contributed by atoms with van der Waals surface area (Å²) in [5, 5.41) is 8.89. The van der Waals surface area contributed by atoms with Crippen LogP contribution < -0.4 is 4.90 Å². The molecule has 1 aliphatic heterocycles. The maximum absolute atomic E-state index is 13.8. The van der Waals surface area contributed by atoms with Crippen LogP contribution in [0.4, 0.5) is 19.0 Å². The Hall–Kier alpha value is -3.63. The summed E-state index contributed by atoms with van der Waals surface area (Å²) in [6, 6.07) is 1.62. The molecule has 8 nitrogen and oxygen atoms in total. The van der Waals surface area contributed by atoms with Crippen molar-refractivity contribution in [2.24, 2.45) is 7.05 Å². The van der Waals surface area contributed by atoms with Crippen LogP contribution >= 0.6 is 0 Å². The third kappa shape index (κ3) is 3.57. The summed E-state index contributed by atoms with van der Waals surface area (Å²) in [7, 11) is 1.76. The summed E-state index contributed by atoms with van der Waals surface area (Å²) < 4.78 is 44.4. The Balaban J connectivity index is 1.79. The molecule has 5 heterocycles. The second kappa shape index (κ2) is 7.46. The lowest BCUT2D eigenvalue weighted by molar-refractivity contribution is -0.141. The maximum atomic E-state index is 13.8. The van der Waals surface area contributed by atoms with Gasteiger partial charge in [-0.2, -0.15) is 23.4 Å². The molecule has 0 spiro atoms. The molecule has 1 amide bonds. The van der Waals surface area contributed by atoms with Crippen LogP contribution in [0.1, 0.15) is 32.4 Å². The number of pyridine rings is 1. The van der Waals surface area contributed by atoms with E-state index in [1.165, 1.54) is 17.1 Å². The van der Waals surface area contributed by atoms with Gasteiger partial charge >= 0.3 is 6.18 Å². The molecule has 0 fully saturated rings. The van der Waals surface area contributed by atoms with Crippen LogP contribution in [0.15, 0.2) is 30.9 Å². The first-order valence-corrected chi connectivity index (χ1v) is 10.6. The minimum atomic E-state index is -4.62. The number of H-pyrrole nitrogens is 1. The number of nitrogens with zero attached hydrogens (tertiary/aromatic N) is 6. The van der Waals surface area contributed by atoms with Gasteiger partial charge in [-0.15, -0.1) is 0 Å². The second-order valence-corrected chi connectivity index (χ2v) is 8.48. The first kappa shape index (κ1) is 21.2. The molecule has 0 aromatic carbocycles. The first-order valence-electron chi connectivity index (χ1n) is 10.6. The van der Waals surface area contributed by atoms with Crippen molar-refractivity contribution in [2.75, 3.05) is 4.90 Å². The van der Waals surface area contributed by atoms with Crippen LogP contribution in [0.3, 0.4) is 0 Å². The van der Waals surface area contributed by atoms with E-state index >= 15 is 0 Å². The molecule has 0 radical (unpaired) electrons. The first-order chi connectivity index (χ1) is 15.6. The van der Waals surface area contributed by atoms with E-state index in [1.54, 1.807) is 35.1 Å². The van der Waals surface area contributed by atoms with E-state index in [-0.39, 0.29) is 30.5 Å². The molecule has 4 aromatic heterocycles. The van der Waals surface area contributed by atoms with Gasteiger partial charge < -0.3 is 4.98 Å². The van der Waals surface area contributed by atoms with Crippen molar-refractivity contribution >= 4 is 22.8 Å². The van der Waals surface area contributed by atoms with Gasteiger partial charge in [-0.05, 0) is 26.3 Å². The lowest BCUT2D eigenvalue weighted by Gasteiger charge is -2.26. The van der Waals surface area contributed by atoms with Gasteiger partial charge in [-0.1, -0.05) is 0 Å². The van der Waals surface area contributed by atoms with Crippen molar-refractivity contribution in [1.82, 2.24) is 29.5 Å². The average molecular weight is 457 g/mol. The van der Waals surface area contributed by atoms with Gasteiger partial charge in [-0.25, -0.2) is 4.98 Å². The van der Waals surface area contributed by atoms with Gasteiger partial charge in [0.15, 0.2) is 11.5 Å². The predicted molar refractivity (Wildman–Crippen MR) is 116 cm³/mol. The molecule has 33 heavy (non-hydrogen) atoms. The Morgan fingerprint density at radius 2 is 1.91 bits per heavy atom. The minimum Gasteiger partial charge on any atom is -0.346 e. The second-order valence-electron chi connectivity index (χ2n) is 8.48. The number of aromatic amines is 1. The van der Waals surface area contributed by atoms with Crippen LogP contribution in [0.2, 0.25) is 0 Å². The summed E-state index contributed by atoms with van der Waals surface area (Å²) in [5.74, 6) is 0.351. The van der Waals surface area contributed by atoms with Crippen molar-refractivity contribution in [2.45, 2.75) is 45.5 Å². The lowest BCUT2D eigenvalue weighted by Crippen LogP contribution is -2.37. The molecule has 172 valence electrons. The van der Waals surface area contributed by atoms with Crippen molar-refractivity contribution in [3.8, 4) is 22.3 Å². The summed E-state index contributed by atoms with van der Waals surface area (Å²) >= 11 is 0. The predicted octanol–water partition coefficient (Wildman–Crippen LogP) is 4.38. The van der Waals surface area contributed by atoms with E-state index in [9.17, 15) is 18.0 Å². The van der Waals surface area contributed by atoms with Crippen LogP contribution in [-0.2, 0) is 24.6 Å². The fourth-order valence-electron chi connectivity index (χ4n) is 4.34. The summed E-state index contributed by atoms with van der Waals surface area (Å²) in [5.41, 5.74) is 1.20. The minimum absolute atomic E-state index is 0.0219. The SMILES string of the molecule is CC(C)N1C(=O)CCCn2cc(c(C(F)(F)F)n2)-c2c[nH]c3ncc(cc23)-c2cn(C)nc21. The van der Waals surface area contributed by atoms with Crippen molar-refractivity contribution in [3.05, 3.63) is 36.5 Å². The number of hydrogen-bond acceptors (Lipinski definition) is 4. The number of carbonyl (C=O) groups is 1. The maximum Gasteiger partial charge on any atom is 0.435 e. The number of fused-ring (bicyclic) bond motifs is 6. The summed E-state index contributed by atoms with van der Waals surface area (Å²) in [4.78, 5) is 22.2. The van der Waals surface area contributed by atoms with E-state index < -0.39 is 11.9 Å². The number of nitrogens with one attached hydrogen (secondary N) is 1. The van der Waals surface area contributed by atoms with Crippen LogP contribution in [-0.4, -0.2) is 41.5 Å². The highest BCUT2D eigenvalue weighted by molar-refractivity contribution is 6.00. The van der Waals surface area contributed by atoms with Gasteiger partial charge in [0.05, 0.1) is 0 Å². The third-order valence-electron chi connectivity index (χ3n) is 5.76. The van der Waals surface area contributed by atoms with E-state index in [0.717, 1.165) is 0 Å². The van der Waals surface area contributed by atoms with E-state index in [2.05, 4.69) is 20.2 Å². The molecule has 0 saturated heterocycles. The van der Waals surface area contributed by atoms with Crippen LogP contribution in [0.25, 0.3) is 33.3 Å². The van der Waals surface area contributed by atoms with Crippen LogP contribution in [0.5, 0.6) is 0 Å². The number of hydrogen-bond donors (Lipinski definition) is 1. The van der Waals surface area contributed by atoms with Crippen molar-refractivity contribution in [3.63, 3.8) is 0 Å². The molecule has 1 aliphatic rings. The van der Waals surface area contributed by atoms with Gasteiger partial charge in [0.2, 0.25) is 5.91 Å². The Labute approximate surface area is 187 Å². The number of carbonyl (C=O) groups excluding carboxylic acids is 1. The molecular weight excluding hydrogens is 435 g/mol. The number of aryl methyl sites for hydroxylation is 2. The lowest BCUT2D eigenvalue weighted by atomic mass is 10.0. The molecule has 1 N–H and O–H groups in total. The third-order valence-corrected chi connectivity index (χ3v) is 5.76. The zero-order valence-electron chi connectivity index (χ0n) is 18.3. The molecule has 4 aromatic rings. The molecule has 0 unspecified atom stereocenters. The molecule has 0 aliphatic carbocycles. The van der Waals surface area contributed by atoms with E-state index in [0.29, 0.717) is 40.0 Å². The smallest absolute Gasteiger partial charge is 0.346 e. The highest BCUT2D eigenvalue weighted by atomic mass is 19.4. The van der Waals surface area contributed by atoms with Gasteiger partial charge in [-0.3, -0.25) is 19.1 Å². The highest BCUT2D eigenvalue weighted by Gasteiger charge is 2.38. The number of rotatable bonds is 1. The topological polar surface area (TPSA) is 84.6 Å². The Morgan fingerprint density at radius 3 is 2.64 bits per heavy atom. The summed E-state index contributed by atoms with van der Waals surface area (Å²) in [6.45, 7) is 3.99. The molecule has 0 saturated carbocycles. The van der Waals surface area contributed by atoms with Gasteiger partial charge in [0.1, 0.15) is 5.65 Å². The number of alkyl halides is 3. The van der Waals surface area contributed by atoms with Crippen molar-refractivity contribution in [1.29, 1.82) is 0 Å². The summed E-state index contributed by atoms with van der Waals surface area (Å²) in [6.07, 6.45) is 2.21. The molecular formula is C22H22F3N7O. The molecule has 4 bridgehead atoms. The molecule has 5 rings (SSSR count). The average Bonchev–Trinajstić information content (AvgIpc) is 3.43. The molecule has 0 atom stereocenters. The van der Waals surface area contributed by atoms with E-state index in [1.807, 2.05) is 13.8 Å². The fourth-order valence-corrected chi connectivity index (χ4v) is 4.34. The standard InChI is InChI=1S/C22H22F3N7O/c1-12(2)32-18(33)5-4-6-31-11-17(19(28-31)22(23,24)25)15-9-27-20-14(15)7-13(8-26-20)16-10-30(3)29-21(16)32/h7-12H,4-6H2,1-3H3,(H,26,27). The molecule has 11 heteroatoms. The van der Waals surface area contributed by atoms with Gasteiger partial charge in [0, 0.05) is 78.5 Å². The monoisotopic (exact) mass is 457 g/mol. The zero-order valence-corrected chi connectivity index (χ0v) is 18.3. The van der Waals surface area contributed by atoms with Crippen LogP contribution in [0, 0.1) is 0 Å². The van der Waals surface area contributed by atoms with Gasteiger partial charge in [0.25, 0.3) is 0 Å². The fraction of sp³-hybridized carbons (Fsp3) is 0.364. The number of anilines is 1. The Morgan fingerprint density at radius 1 is 1.12 bits per heavy atom. The van der Waals surface area contributed by atoms with Crippen molar-refractivity contribution < 1.29 is 18.0 Å². The largest absolute Gasteiger partial charge is 0.435 e. The Kier molecular flexibility index (Phi) is 4.80. The number of halogens is 3. The normalized spacial score (nSPS) is 14.9. The Bertz CT molecular complexity index is 1360. The number of amides is 1. The van der Waals surface area contributed by atoms with E-state index in [4.69, 9.17) is 0 Å². The quantitative estimate of drug-likeness (QED) is 0.460. The zero-order chi connectivity index (χ0) is 23.5. The number of aromatic nitrogens is 6. The highest BCUT2D eigenvalue weighted by Crippen LogP contribution is 2.40.